The summed E-state index contributed by atoms with van der Waals surface area (Å²) in [4.78, 5) is 36.6. The van der Waals surface area contributed by atoms with Gasteiger partial charge in [0.15, 0.2) is 0 Å². The van der Waals surface area contributed by atoms with E-state index in [0.717, 1.165) is 17.6 Å². The SMILES string of the molecule is CC(C)(C)N(C[C@H]1C(Cl)CC(O)[C@@H]1CCc1ccc(P(=O)(O)O)cc1[N+](=O)[O-])c1cccc(CCO)n1. The van der Waals surface area contributed by atoms with Gasteiger partial charge in [-0.2, -0.15) is 0 Å². The van der Waals surface area contributed by atoms with Crippen molar-refractivity contribution in [3.63, 3.8) is 0 Å². The quantitative estimate of drug-likeness (QED) is 0.149. The highest BCUT2D eigenvalue weighted by molar-refractivity contribution is 7.60. The van der Waals surface area contributed by atoms with Crippen molar-refractivity contribution in [2.24, 2.45) is 11.8 Å². The molecule has 10 nitrogen and oxygen atoms in total. The van der Waals surface area contributed by atoms with Crippen LogP contribution < -0.4 is 10.2 Å². The highest BCUT2D eigenvalue weighted by Crippen LogP contribution is 2.42. The number of nitrogens with zero attached hydrogens (tertiary/aromatic N) is 3. The maximum Gasteiger partial charge on any atom is 0.356 e. The molecule has 0 aliphatic heterocycles. The second kappa shape index (κ2) is 11.8. The summed E-state index contributed by atoms with van der Waals surface area (Å²) < 4.78 is 11.6. The number of aromatic nitrogens is 1. The van der Waals surface area contributed by atoms with Gasteiger partial charge in [-0.25, -0.2) is 4.98 Å². The molecule has 0 radical (unpaired) electrons. The van der Waals surface area contributed by atoms with Crippen LogP contribution in [0.1, 0.15) is 44.9 Å². The largest absolute Gasteiger partial charge is 0.396 e. The summed E-state index contributed by atoms with van der Waals surface area (Å²) in [5.74, 6) is 0.368. The molecule has 0 amide bonds. The van der Waals surface area contributed by atoms with E-state index >= 15 is 0 Å². The molecule has 1 aliphatic rings. The molecule has 2 unspecified atom stereocenters. The second-order valence-corrected chi connectivity index (χ2v) is 12.7. The van der Waals surface area contributed by atoms with Crippen molar-refractivity contribution in [2.75, 3.05) is 18.1 Å². The Balaban J connectivity index is 1.85. The Morgan fingerprint density at radius 3 is 2.49 bits per heavy atom. The third-order valence-corrected chi connectivity index (χ3v) is 8.42. The zero-order valence-corrected chi connectivity index (χ0v) is 22.8. The smallest absolute Gasteiger partial charge is 0.356 e. The number of alkyl halides is 1. The van der Waals surface area contributed by atoms with Gasteiger partial charge >= 0.3 is 7.60 Å². The van der Waals surface area contributed by atoms with Gasteiger partial charge in [0.2, 0.25) is 0 Å². The van der Waals surface area contributed by atoms with Crippen molar-refractivity contribution in [3.05, 3.63) is 57.8 Å². The fourth-order valence-electron chi connectivity index (χ4n) is 5.02. The molecule has 2 aromatic rings. The van der Waals surface area contributed by atoms with Gasteiger partial charge in [0.1, 0.15) is 5.82 Å². The van der Waals surface area contributed by atoms with Gasteiger partial charge in [0.25, 0.3) is 5.69 Å². The van der Waals surface area contributed by atoms with E-state index in [1.54, 1.807) is 0 Å². The predicted octanol–water partition coefficient (Wildman–Crippen LogP) is 3.17. The van der Waals surface area contributed by atoms with Crippen LogP contribution in [0.25, 0.3) is 0 Å². The summed E-state index contributed by atoms with van der Waals surface area (Å²) in [7, 11) is -4.63. The van der Waals surface area contributed by atoms with Crippen molar-refractivity contribution >= 4 is 36.0 Å². The fraction of sp³-hybridized carbons (Fsp3) is 0.560. The maximum atomic E-state index is 11.6. The van der Waals surface area contributed by atoms with E-state index in [-0.39, 0.29) is 41.5 Å². The molecule has 1 saturated carbocycles. The number of hydrogen-bond acceptors (Lipinski definition) is 7. The highest BCUT2D eigenvalue weighted by Gasteiger charge is 2.43. The maximum absolute atomic E-state index is 11.6. The van der Waals surface area contributed by atoms with Crippen molar-refractivity contribution in [3.8, 4) is 0 Å². The highest BCUT2D eigenvalue weighted by atomic mass is 35.5. The topological polar surface area (TPSA) is 157 Å². The van der Waals surface area contributed by atoms with Gasteiger partial charge < -0.3 is 24.9 Å². The van der Waals surface area contributed by atoms with Crippen molar-refractivity contribution in [2.45, 2.75) is 63.5 Å². The summed E-state index contributed by atoms with van der Waals surface area (Å²) in [5, 5.41) is 31.1. The molecular formula is C25H35ClN3O7P. The molecule has 1 aromatic heterocycles. The summed E-state index contributed by atoms with van der Waals surface area (Å²) >= 11 is 6.73. The zero-order valence-electron chi connectivity index (χ0n) is 21.2. The van der Waals surface area contributed by atoms with Gasteiger partial charge in [0, 0.05) is 47.8 Å². The summed E-state index contributed by atoms with van der Waals surface area (Å²) in [5.41, 5.74) is 0.438. The molecular weight excluding hydrogens is 521 g/mol. The lowest BCUT2D eigenvalue weighted by Gasteiger charge is -2.40. The lowest BCUT2D eigenvalue weighted by molar-refractivity contribution is -0.385. The Morgan fingerprint density at radius 1 is 1.19 bits per heavy atom. The predicted molar refractivity (Wildman–Crippen MR) is 142 cm³/mol. The van der Waals surface area contributed by atoms with Crippen LogP contribution in [0.15, 0.2) is 36.4 Å². The van der Waals surface area contributed by atoms with Crippen LogP contribution in [-0.4, -0.2) is 60.1 Å². The molecule has 3 rings (SSSR count). The van der Waals surface area contributed by atoms with E-state index in [2.05, 4.69) is 25.7 Å². The van der Waals surface area contributed by atoms with Crippen molar-refractivity contribution in [1.82, 2.24) is 4.98 Å². The summed E-state index contributed by atoms with van der Waals surface area (Å²) in [6, 6.07) is 9.17. The minimum atomic E-state index is -4.63. The zero-order chi connectivity index (χ0) is 27.5. The minimum Gasteiger partial charge on any atom is -0.396 e. The Morgan fingerprint density at radius 2 is 1.89 bits per heavy atom. The second-order valence-electron chi connectivity index (χ2n) is 10.5. The normalized spacial score (nSPS) is 22.3. The number of pyridine rings is 1. The molecule has 1 aromatic carbocycles. The lowest BCUT2D eigenvalue weighted by atomic mass is 9.87. The third kappa shape index (κ3) is 7.28. The van der Waals surface area contributed by atoms with E-state index in [1.165, 1.54) is 12.1 Å². The van der Waals surface area contributed by atoms with Crippen LogP contribution in [0.5, 0.6) is 0 Å². The minimum absolute atomic E-state index is 0.00606. The van der Waals surface area contributed by atoms with Crippen molar-refractivity contribution in [1.29, 1.82) is 0 Å². The first-order valence-corrected chi connectivity index (χ1v) is 14.3. The molecule has 0 bridgehead atoms. The molecule has 1 aliphatic carbocycles. The van der Waals surface area contributed by atoms with Crippen LogP contribution in [0.2, 0.25) is 0 Å². The number of hydrogen-bond donors (Lipinski definition) is 4. The van der Waals surface area contributed by atoms with E-state index in [9.17, 15) is 34.7 Å². The van der Waals surface area contributed by atoms with Crippen LogP contribution in [-0.2, 0) is 17.4 Å². The van der Waals surface area contributed by atoms with Crippen LogP contribution >= 0.6 is 19.2 Å². The summed E-state index contributed by atoms with van der Waals surface area (Å²) in [6.07, 6.45) is 0.817. The molecule has 4 atom stereocenters. The third-order valence-electron chi connectivity index (χ3n) is 6.96. The number of halogens is 1. The van der Waals surface area contributed by atoms with Gasteiger partial charge in [-0.05, 0) is 70.1 Å². The number of aliphatic hydroxyl groups is 2. The molecule has 1 heterocycles. The average molecular weight is 556 g/mol. The standard InChI is InChI=1S/C25H35ClN3O7P/c1-25(2,3)28(24-6-4-5-17(27-24)11-12-30)15-20-19(23(31)14-21(20)26)10-8-16-7-9-18(37(34,35)36)13-22(16)29(32)33/h4-7,9,13,19-21,23,30-31H,8,10-12,14-15H2,1-3H3,(H2,34,35,36)/t19-,20-,21?,23?/m1/s1. The molecule has 1 fully saturated rings. The van der Waals surface area contributed by atoms with Crippen LogP contribution in [0.4, 0.5) is 11.5 Å². The van der Waals surface area contributed by atoms with E-state index in [4.69, 9.17) is 16.6 Å². The number of aryl methyl sites for hydroxylation is 1. The lowest BCUT2D eigenvalue weighted by Crippen LogP contribution is -2.47. The number of aliphatic hydroxyl groups excluding tert-OH is 2. The first-order chi connectivity index (χ1) is 17.2. The molecule has 0 saturated heterocycles. The molecule has 12 heteroatoms. The fourth-order valence-corrected chi connectivity index (χ4v) is 6.03. The van der Waals surface area contributed by atoms with Gasteiger partial charge in [-0.15, -0.1) is 11.6 Å². The Hall–Kier alpha value is -2.07. The Kier molecular flexibility index (Phi) is 9.37. The Labute approximate surface area is 221 Å². The average Bonchev–Trinajstić information content (AvgIpc) is 3.06. The molecule has 0 spiro atoms. The summed E-state index contributed by atoms with van der Waals surface area (Å²) in [6.45, 7) is 6.68. The van der Waals surface area contributed by atoms with Crippen molar-refractivity contribution < 1.29 is 29.5 Å². The first-order valence-electron chi connectivity index (χ1n) is 12.2. The first kappa shape index (κ1) is 29.5. The van der Waals surface area contributed by atoms with Crippen LogP contribution in [0.3, 0.4) is 0 Å². The monoisotopic (exact) mass is 555 g/mol. The van der Waals surface area contributed by atoms with E-state index in [0.29, 0.717) is 31.4 Å². The molecule has 37 heavy (non-hydrogen) atoms. The molecule has 4 N–H and O–H groups in total. The van der Waals surface area contributed by atoms with Gasteiger partial charge in [0.05, 0.1) is 16.3 Å². The van der Waals surface area contributed by atoms with Gasteiger partial charge in [-0.1, -0.05) is 12.1 Å². The number of benzene rings is 1. The number of rotatable bonds is 10. The van der Waals surface area contributed by atoms with Gasteiger partial charge in [-0.3, -0.25) is 14.7 Å². The molecule has 204 valence electrons. The van der Waals surface area contributed by atoms with Crippen LogP contribution in [0, 0.1) is 22.0 Å². The number of nitro groups is 1. The number of nitro benzene ring substituents is 1. The van der Waals surface area contributed by atoms with E-state index in [1.807, 2.05) is 18.2 Å². The van der Waals surface area contributed by atoms with E-state index < -0.39 is 23.9 Å². The number of anilines is 1. The Bertz CT molecular complexity index is 1150.